The fraction of sp³-hybridized carbons (Fsp3) is 0.827. The van der Waals surface area contributed by atoms with Gasteiger partial charge in [0.25, 0.3) is 0 Å². The number of hydrogen-bond donors (Lipinski definition) is 9. The standard InChI is InChI=1S/C52H93NO13/c1-3-5-7-9-11-12-13-14-15-16-17-18-19-20-21-22-23-24-25-26-27-28-30-32-34-36-44(57)53-40(41(56)35-33-31-29-10-8-6-4-2)39-63-51-49(62)47(60)50(43(38-55)65-51)66-52-48(61)46(59)45(58)42(37-54)64-52/h8,10,13-14,16-17,33,35,40-43,45-52,54-56,58-62H,3-7,9,11-12,15,18-32,34,36-39H2,1-2H3,(H,53,57)/b10-8+,14-13-,17-16-,35-33+. The Balaban J connectivity index is 1.69. The van der Waals surface area contributed by atoms with Crippen molar-refractivity contribution in [2.45, 2.75) is 254 Å². The highest BCUT2D eigenvalue weighted by Gasteiger charge is 2.51. The van der Waals surface area contributed by atoms with Gasteiger partial charge in [0.05, 0.1) is 32.0 Å². The summed E-state index contributed by atoms with van der Waals surface area (Å²) in [6, 6.07) is -0.928. The van der Waals surface area contributed by atoms with Crippen LogP contribution >= 0.6 is 0 Å². The number of hydrogen-bond acceptors (Lipinski definition) is 13. The maximum absolute atomic E-state index is 13.1. The fourth-order valence-electron chi connectivity index (χ4n) is 8.23. The molecule has 2 aliphatic heterocycles. The Morgan fingerprint density at radius 3 is 1.62 bits per heavy atom. The van der Waals surface area contributed by atoms with Crippen molar-refractivity contribution in [1.82, 2.24) is 5.32 Å². The topological polar surface area (TPSA) is 228 Å². The first kappa shape index (κ1) is 60.1. The van der Waals surface area contributed by atoms with E-state index in [0.29, 0.717) is 12.8 Å². The van der Waals surface area contributed by atoms with Crippen LogP contribution in [0.3, 0.4) is 0 Å². The summed E-state index contributed by atoms with van der Waals surface area (Å²) in [4.78, 5) is 13.1. The third kappa shape index (κ3) is 25.5. The van der Waals surface area contributed by atoms with Crippen molar-refractivity contribution in [3.05, 3.63) is 48.6 Å². The van der Waals surface area contributed by atoms with Crippen LogP contribution in [0.1, 0.15) is 181 Å². The van der Waals surface area contributed by atoms with Gasteiger partial charge in [-0.2, -0.15) is 0 Å². The first-order chi connectivity index (χ1) is 32.1. The van der Waals surface area contributed by atoms with Crippen molar-refractivity contribution >= 4 is 5.91 Å². The Morgan fingerprint density at radius 1 is 0.545 bits per heavy atom. The molecule has 384 valence electrons. The van der Waals surface area contributed by atoms with Gasteiger partial charge in [0.15, 0.2) is 12.6 Å². The normalized spacial score (nSPS) is 27.2. The average molecular weight is 940 g/mol. The number of ether oxygens (including phenoxy) is 4. The number of allylic oxidation sites excluding steroid dienone is 7. The predicted molar refractivity (Wildman–Crippen MR) is 258 cm³/mol. The lowest BCUT2D eigenvalue weighted by Crippen LogP contribution is -2.65. The molecule has 12 atom stereocenters. The van der Waals surface area contributed by atoms with E-state index < -0.39 is 86.8 Å². The lowest BCUT2D eigenvalue weighted by atomic mass is 9.97. The van der Waals surface area contributed by atoms with Crippen molar-refractivity contribution in [3.8, 4) is 0 Å². The second-order valence-electron chi connectivity index (χ2n) is 18.3. The number of rotatable bonds is 39. The van der Waals surface area contributed by atoms with Crippen molar-refractivity contribution in [2.75, 3.05) is 19.8 Å². The highest BCUT2D eigenvalue weighted by Crippen LogP contribution is 2.30. The molecule has 0 aromatic heterocycles. The van der Waals surface area contributed by atoms with Crippen LogP contribution in [-0.2, 0) is 23.7 Å². The monoisotopic (exact) mass is 940 g/mol. The zero-order valence-electron chi connectivity index (χ0n) is 40.7. The molecule has 0 radical (unpaired) electrons. The van der Waals surface area contributed by atoms with E-state index in [1.54, 1.807) is 6.08 Å². The molecular weight excluding hydrogens is 847 g/mol. The van der Waals surface area contributed by atoms with Gasteiger partial charge < -0.3 is 65.1 Å². The van der Waals surface area contributed by atoms with E-state index in [1.165, 1.54) is 103 Å². The molecule has 1 amide bonds. The molecule has 0 aromatic carbocycles. The maximum atomic E-state index is 13.1. The highest BCUT2D eigenvalue weighted by atomic mass is 16.7. The number of aliphatic hydroxyl groups is 8. The number of nitrogens with one attached hydrogen (secondary N) is 1. The van der Waals surface area contributed by atoms with Gasteiger partial charge >= 0.3 is 0 Å². The van der Waals surface area contributed by atoms with Crippen molar-refractivity contribution in [1.29, 1.82) is 0 Å². The zero-order chi connectivity index (χ0) is 48.2. The number of unbranched alkanes of at least 4 members (excludes halogenated alkanes) is 20. The summed E-state index contributed by atoms with van der Waals surface area (Å²) in [6.07, 6.45) is 29.2. The lowest BCUT2D eigenvalue weighted by Gasteiger charge is -2.46. The first-order valence-corrected chi connectivity index (χ1v) is 25.9. The summed E-state index contributed by atoms with van der Waals surface area (Å²) in [5.74, 6) is -0.257. The Labute approximate surface area is 397 Å². The molecule has 66 heavy (non-hydrogen) atoms. The van der Waals surface area contributed by atoms with Crippen molar-refractivity contribution in [3.63, 3.8) is 0 Å². The Hall–Kier alpha value is -2.05. The van der Waals surface area contributed by atoms with Gasteiger partial charge in [-0.05, 0) is 57.8 Å². The number of amides is 1. The number of aliphatic hydroxyl groups excluding tert-OH is 8. The molecule has 2 saturated heterocycles. The summed E-state index contributed by atoms with van der Waals surface area (Å²) >= 11 is 0. The summed E-state index contributed by atoms with van der Waals surface area (Å²) in [5.41, 5.74) is 0. The lowest BCUT2D eigenvalue weighted by molar-refractivity contribution is -0.359. The van der Waals surface area contributed by atoms with E-state index in [-0.39, 0.29) is 18.9 Å². The minimum atomic E-state index is -1.79. The van der Waals surface area contributed by atoms with Crippen LogP contribution in [0.2, 0.25) is 0 Å². The summed E-state index contributed by atoms with van der Waals surface area (Å²) in [5, 5.41) is 86.4. The van der Waals surface area contributed by atoms with Gasteiger partial charge in [0.2, 0.25) is 5.91 Å². The van der Waals surface area contributed by atoms with E-state index in [1.807, 2.05) is 6.08 Å². The molecule has 9 N–H and O–H groups in total. The van der Waals surface area contributed by atoms with E-state index in [4.69, 9.17) is 18.9 Å². The second-order valence-corrected chi connectivity index (χ2v) is 18.3. The van der Waals surface area contributed by atoms with Crippen LogP contribution in [0.25, 0.3) is 0 Å². The Morgan fingerprint density at radius 2 is 1.05 bits per heavy atom. The van der Waals surface area contributed by atoms with Crippen LogP contribution in [0.5, 0.6) is 0 Å². The molecule has 0 spiro atoms. The Bertz CT molecular complexity index is 1290. The zero-order valence-corrected chi connectivity index (χ0v) is 40.7. The van der Waals surface area contributed by atoms with Crippen LogP contribution in [0.15, 0.2) is 48.6 Å². The molecule has 2 rings (SSSR count). The first-order valence-electron chi connectivity index (χ1n) is 25.9. The van der Waals surface area contributed by atoms with Gasteiger partial charge in [-0.1, -0.05) is 165 Å². The average Bonchev–Trinajstić information content (AvgIpc) is 3.31. The largest absolute Gasteiger partial charge is 0.394 e. The van der Waals surface area contributed by atoms with E-state index in [0.717, 1.165) is 44.9 Å². The van der Waals surface area contributed by atoms with Gasteiger partial charge in [0.1, 0.15) is 48.8 Å². The van der Waals surface area contributed by atoms with Crippen LogP contribution in [-0.4, -0.2) is 140 Å². The van der Waals surface area contributed by atoms with Gasteiger partial charge in [-0.3, -0.25) is 4.79 Å². The third-order valence-electron chi connectivity index (χ3n) is 12.5. The minimum Gasteiger partial charge on any atom is -0.394 e. The van der Waals surface area contributed by atoms with E-state index in [2.05, 4.69) is 55.6 Å². The smallest absolute Gasteiger partial charge is 0.220 e. The third-order valence-corrected chi connectivity index (χ3v) is 12.5. The van der Waals surface area contributed by atoms with Crippen molar-refractivity contribution < 1.29 is 64.6 Å². The molecule has 12 unspecified atom stereocenters. The quantitative estimate of drug-likeness (QED) is 0.0227. The molecule has 2 aliphatic rings. The molecule has 14 heteroatoms. The predicted octanol–water partition coefficient (Wildman–Crippen LogP) is 6.88. The minimum absolute atomic E-state index is 0.257. The molecule has 0 aromatic rings. The Kier molecular flexibility index (Phi) is 35.3. The summed E-state index contributed by atoms with van der Waals surface area (Å²) in [7, 11) is 0. The molecular formula is C52H93NO13. The summed E-state index contributed by atoms with van der Waals surface area (Å²) in [6.45, 7) is 2.63. The molecule has 0 aliphatic carbocycles. The molecule has 14 nitrogen and oxygen atoms in total. The van der Waals surface area contributed by atoms with Crippen LogP contribution < -0.4 is 5.32 Å². The summed E-state index contributed by atoms with van der Waals surface area (Å²) < 4.78 is 22.6. The molecule has 0 saturated carbocycles. The van der Waals surface area contributed by atoms with Crippen molar-refractivity contribution in [2.24, 2.45) is 0 Å². The maximum Gasteiger partial charge on any atom is 0.220 e. The highest BCUT2D eigenvalue weighted by molar-refractivity contribution is 5.76. The number of carbonyl (C=O) groups excluding carboxylic acids is 1. The molecule has 2 heterocycles. The molecule has 0 bridgehead atoms. The SMILES string of the molecule is CCC/C=C/CC/C=C/C(O)C(COC1OC(CO)C(OC2OC(CO)C(O)C(O)C2O)C(O)C1O)NC(=O)CCCCCCCCCCCCCCC/C=C\C/C=C\CCCCCCC. The van der Waals surface area contributed by atoms with Gasteiger partial charge in [-0.15, -0.1) is 0 Å². The van der Waals surface area contributed by atoms with E-state index >= 15 is 0 Å². The van der Waals surface area contributed by atoms with Crippen LogP contribution in [0.4, 0.5) is 0 Å². The molecule has 2 fully saturated rings. The van der Waals surface area contributed by atoms with E-state index in [9.17, 15) is 45.6 Å². The number of carbonyl (C=O) groups is 1. The second kappa shape index (κ2) is 38.8. The van der Waals surface area contributed by atoms with Gasteiger partial charge in [0, 0.05) is 6.42 Å². The van der Waals surface area contributed by atoms with Gasteiger partial charge in [-0.25, -0.2) is 0 Å². The fourth-order valence-corrected chi connectivity index (χ4v) is 8.23. The van der Waals surface area contributed by atoms with Crippen LogP contribution in [0, 0.1) is 0 Å².